The lowest BCUT2D eigenvalue weighted by atomic mass is 9.92. The zero-order chi connectivity index (χ0) is 20.1. The predicted molar refractivity (Wildman–Crippen MR) is 114 cm³/mol. The number of benzene rings is 2. The predicted octanol–water partition coefficient (Wildman–Crippen LogP) is 6.53. The van der Waals surface area contributed by atoms with Gasteiger partial charge in [-0.15, -0.1) is 0 Å². The molecule has 0 unspecified atom stereocenters. The van der Waals surface area contributed by atoms with Gasteiger partial charge in [0.1, 0.15) is 5.75 Å². The maximum atomic E-state index is 12.0. The van der Waals surface area contributed by atoms with Crippen LogP contribution in [-0.2, 0) is 0 Å². The first-order valence-electron chi connectivity index (χ1n) is 9.70. The Morgan fingerprint density at radius 1 is 1.14 bits per heavy atom. The highest BCUT2D eigenvalue weighted by atomic mass is 35.5. The number of carbonyl (C=O) groups is 1. The van der Waals surface area contributed by atoms with E-state index in [4.69, 9.17) is 22.9 Å². The van der Waals surface area contributed by atoms with E-state index >= 15 is 0 Å². The third kappa shape index (κ3) is 5.05. The zero-order valence-electron chi connectivity index (χ0n) is 16.2. The molecule has 5 heteroatoms. The van der Waals surface area contributed by atoms with Crippen molar-refractivity contribution in [1.82, 2.24) is 0 Å². The van der Waals surface area contributed by atoms with Gasteiger partial charge in [0.25, 0.3) is 0 Å². The molecule has 28 heavy (non-hydrogen) atoms. The average Bonchev–Trinajstić information content (AvgIpc) is 2.69. The first-order valence-corrected chi connectivity index (χ1v) is 10.1. The van der Waals surface area contributed by atoms with E-state index in [0.717, 1.165) is 42.7 Å². The number of rotatable bonds is 6. The molecule has 0 heterocycles. The Morgan fingerprint density at radius 3 is 2.39 bits per heavy atom. The van der Waals surface area contributed by atoms with Gasteiger partial charge in [-0.2, -0.15) is 0 Å². The average molecular weight is 397 g/mol. The van der Waals surface area contributed by atoms with Crippen LogP contribution in [0, 0.1) is 12.5 Å². The van der Waals surface area contributed by atoms with E-state index in [0.29, 0.717) is 16.8 Å². The topological polar surface area (TPSA) is 42.7 Å². The van der Waals surface area contributed by atoms with Crippen molar-refractivity contribution < 1.29 is 9.53 Å². The van der Waals surface area contributed by atoms with Crippen molar-refractivity contribution >= 4 is 28.8 Å². The minimum Gasteiger partial charge on any atom is -0.490 e. The van der Waals surface area contributed by atoms with Gasteiger partial charge in [0, 0.05) is 23.2 Å². The second-order valence-corrected chi connectivity index (χ2v) is 7.96. The van der Waals surface area contributed by atoms with Crippen LogP contribution in [-0.4, -0.2) is 17.9 Å². The van der Waals surface area contributed by atoms with Gasteiger partial charge in [-0.05, 0) is 62.1 Å². The van der Waals surface area contributed by atoms with Gasteiger partial charge < -0.3 is 10.1 Å². The van der Waals surface area contributed by atoms with E-state index in [2.05, 4.69) is 10.2 Å². The smallest absolute Gasteiger partial charge is 0.205 e. The molecule has 1 saturated carbocycles. The molecular formula is C23H25ClN2O2. The van der Waals surface area contributed by atoms with Crippen LogP contribution in [0.3, 0.4) is 0 Å². The lowest BCUT2D eigenvalue weighted by molar-refractivity contribution is 0.0939. The molecule has 0 saturated heterocycles. The van der Waals surface area contributed by atoms with Gasteiger partial charge in [0.2, 0.25) is 5.69 Å². The number of Topliss-reactive ketones (excluding diaryl/α,β-unsaturated/α-hetero) is 1. The molecule has 0 aliphatic heterocycles. The minimum atomic E-state index is 0.0153. The number of ether oxygens (including phenoxy) is 1. The van der Waals surface area contributed by atoms with E-state index in [1.54, 1.807) is 12.1 Å². The molecule has 0 aromatic heterocycles. The highest BCUT2D eigenvalue weighted by molar-refractivity contribution is 6.33. The van der Waals surface area contributed by atoms with E-state index in [1.165, 1.54) is 0 Å². The Kier molecular flexibility index (Phi) is 6.59. The molecule has 1 fully saturated rings. The molecule has 0 radical (unpaired) electrons. The third-order valence-corrected chi connectivity index (χ3v) is 5.38. The number of ketones is 1. The standard InChI is InChI=1S/C23H25ClN2O2/c1-15(2)23(27)16-4-6-17(7-5-16)26-18-8-10-19(11-9-18)28-20-12-13-22(25-3)21(24)14-20/h4-7,12-15,18-19,26H,8-11H2,1-2H3. The third-order valence-electron chi connectivity index (χ3n) is 5.08. The molecule has 3 rings (SSSR count). The number of nitrogens with zero attached hydrogens (tertiary/aromatic N) is 1. The summed E-state index contributed by atoms with van der Waals surface area (Å²) in [6, 6.07) is 13.4. The maximum Gasteiger partial charge on any atom is 0.205 e. The van der Waals surface area contributed by atoms with Crippen LogP contribution in [0.5, 0.6) is 5.75 Å². The second-order valence-electron chi connectivity index (χ2n) is 7.56. The molecule has 0 spiro atoms. The Morgan fingerprint density at radius 2 is 1.82 bits per heavy atom. The van der Waals surface area contributed by atoms with Gasteiger partial charge in [-0.3, -0.25) is 4.79 Å². The summed E-state index contributed by atoms with van der Waals surface area (Å²) in [5, 5.41) is 4.00. The summed E-state index contributed by atoms with van der Waals surface area (Å²) in [4.78, 5) is 15.4. The van der Waals surface area contributed by atoms with Crippen LogP contribution in [0.1, 0.15) is 49.9 Å². The van der Waals surface area contributed by atoms with E-state index < -0.39 is 0 Å². The number of hydrogen-bond donors (Lipinski definition) is 1. The summed E-state index contributed by atoms with van der Waals surface area (Å²) in [7, 11) is 0. The van der Waals surface area contributed by atoms with Crippen molar-refractivity contribution in [3.05, 3.63) is 64.5 Å². The molecule has 0 atom stereocenters. The molecular weight excluding hydrogens is 372 g/mol. The molecule has 146 valence electrons. The first-order chi connectivity index (χ1) is 13.5. The van der Waals surface area contributed by atoms with Crippen LogP contribution < -0.4 is 10.1 Å². The fourth-order valence-electron chi connectivity index (χ4n) is 3.47. The SMILES string of the molecule is [C-]#[N+]c1ccc(OC2CCC(Nc3ccc(C(=O)C(C)C)cc3)CC2)cc1Cl. The summed E-state index contributed by atoms with van der Waals surface area (Å²) in [5.74, 6) is 0.912. The van der Waals surface area contributed by atoms with Crippen LogP contribution >= 0.6 is 11.6 Å². The summed E-state index contributed by atoms with van der Waals surface area (Å²) >= 11 is 6.08. The summed E-state index contributed by atoms with van der Waals surface area (Å²) in [6.07, 6.45) is 4.13. The minimum absolute atomic E-state index is 0.0153. The number of hydrogen-bond acceptors (Lipinski definition) is 3. The summed E-state index contributed by atoms with van der Waals surface area (Å²) < 4.78 is 6.05. The lowest BCUT2D eigenvalue weighted by Gasteiger charge is -2.30. The molecule has 0 bridgehead atoms. The summed E-state index contributed by atoms with van der Waals surface area (Å²) in [5.41, 5.74) is 2.26. The molecule has 2 aromatic rings. The zero-order valence-corrected chi connectivity index (χ0v) is 17.0. The molecule has 0 amide bonds. The molecule has 1 aliphatic carbocycles. The highest BCUT2D eigenvalue weighted by Crippen LogP contribution is 2.31. The molecule has 1 N–H and O–H groups in total. The van der Waals surface area contributed by atoms with E-state index in [9.17, 15) is 4.79 Å². The van der Waals surface area contributed by atoms with Crippen molar-refractivity contribution in [2.75, 3.05) is 5.32 Å². The van der Waals surface area contributed by atoms with Crippen LogP contribution in [0.15, 0.2) is 42.5 Å². The normalized spacial score (nSPS) is 19.1. The van der Waals surface area contributed by atoms with Crippen molar-refractivity contribution in [1.29, 1.82) is 0 Å². The number of halogens is 1. The van der Waals surface area contributed by atoms with E-state index in [-0.39, 0.29) is 17.8 Å². The Balaban J connectivity index is 1.49. The number of nitrogens with one attached hydrogen (secondary N) is 1. The number of anilines is 1. The molecule has 1 aliphatic rings. The van der Waals surface area contributed by atoms with Gasteiger partial charge in [0.15, 0.2) is 5.78 Å². The van der Waals surface area contributed by atoms with Gasteiger partial charge in [0.05, 0.1) is 17.7 Å². The maximum absolute atomic E-state index is 12.0. The quantitative estimate of drug-likeness (QED) is 0.445. The summed E-state index contributed by atoms with van der Waals surface area (Å²) in [6.45, 7) is 10.9. The second kappa shape index (κ2) is 9.12. The fourth-order valence-corrected chi connectivity index (χ4v) is 3.68. The van der Waals surface area contributed by atoms with E-state index in [1.807, 2.05) is 44.2 Å². The largest absolute Gasteiger partial charge is 0.490 e. The van der Waals surface area contributed by atoms with Gasteiger partial charge >= 0.3 is 0 Å². The Hall–Kier alpha value is -2.51. The van der Waals surface area contributed by atoms with Gasteiger partial charge in [-0.25, -0.2) is 4.85 Å². The molecule has 2 aromatic carbocycles. The highest BCUT2D eigenvalue weighted by Gasteiger charge is 2.22. The van der Waals surface area contributed by atoms with Crippen LogP contribution in [0.4, 0.5) is 11.4 Å². The Bertz CT molecular complexity index is 863. The lowest BCUT2D eigenvalue weighted by Crippen LogP contribution is -2.31. The van der Waals surface area contributed by atoms with Crippen molar-refractivity contribution in [3.8, 4) is 5.75 Å². The molecule has 4 nitrogen and oxygen atoms in total. The van der Waals surface area contributed by atoms with Crippen LogP contribution in [0.2, 0.25) is 5.02 Å². The van der Waals surface area contributed by atoms with Crippen molar-refractivity contribution in [2.45, 2.75) is 51.7 Å². The van der Waals surface area contributed by atoms with Crippen molar-refractivity contribution in [3.63, 3.8) is 0 Å². The monoisotopic (exact) mass is 396 g/mol. The number of carbonyl (C=O) groups excluding carboxylic acids is 1. The fraction of sp³-hybridized carbons (Fsp3) is 0.391. The van der Waals surface area contributed by atoms with Gasteiger partial charge in [-0.1, -0.05) is 31.5 Å². The first kappa shape index (κ1) is 20.2. The van der Waals surface area contributed by atoms with Crippen molar-refractivity contribution in [2.24, 2.45) is 5.92 Å². The Labute approximate surface area is 171 Å². The van der Waals surface area contributed by atoms with Crippen LogP contribution in [0.25, 0.3) is 4.85 Å².